The van der Waals surface area contributed by atoms with E-state index in [-0.39, 0.29) is 12.8 Å². The fourth-order valence-corrected chi connectivity index (χ4v) is 1.73. The molecule has 0 aliphatic rings. The van der Waals surface area contributed by atoms with Gasteiger partial charge in [-0.3, -0.25) is 10.1 Å². The highest BCUT2D eigenvalue weighted by molar-refractivity contribution is 5.93. The quantitative estimate of drug-likeness (QED) is 0.553. The van der Waals surface area contributed by atoms with Crippen molar-refractivity contribution in [2.45, 2.75) is 71.6 Å². The zero-order valence-electron chi connectivity index (χ0n) is 15.8. The fraction of sp³-hybridized carbons (Fsp3) is 0.688. The molecule has 0 aromatic carbocycles. The molecule has 0 aliphatic carbocycles. The first-order chi connectivity index (χ1) is 11.6. The van der Waals surface area contributed by atoms with Crippen molar-refractivity contribution in [1.82, 2.24) is 4.90 Å². The van der Waals surface area contributed by atoms with E-state index in [1.807, 2.05) is 0 Å². The van der Waals surface area contributed by atoms with Gasteiger partial charge in [-0.15, -0.1) is 0 Å². The topological polar surface area (TPSA) is 136 Å². The number of nitro groups is 1. The number of carboxylic acid groups (broad SMARTS) is 1. The van der Waals surface area contributed by atoms with Crippen LogP contribution >= 0.6 is 0 Å². The summed E-state index contributed by atoms with van der Waals surface area (Å²) < 4.78 is 10.2. The highest BCUT2D eigenvalue weighted by Crippen LogP contribution is 2.19. The Kier molecular flexibility index (Phi) is 8.23. The predicted octanol–water partition coefficient (Wildman–Crippen LogP) is 3.18. The maximum absolute atomic E-state index is 12.4. The number of rotatable bonds is 6. The number of allylic oxidation sites excluding steroid dienone is 1. The van der Waals surface area contributed by atoms with Gasteiger partial charge in [0, 0.05) is 0 Å². The molecule has 0 aromatic rings. The van der Waals surface area contributed by atoms with E-state index in [9.17, 15) is 29.6 Å². The van der Waals surface area contributed by atoms with Gasteiger partial charge in [0.25, 0.3) is 0 Å². The molecule has 0 aromatic heterocycles. The Morgan fingerprint density at radius 2 is 1.50 bits per heavy atom. The van der Waals surface area contributed by atoms with Gasteiger partial charge < -0.3 is 14.6 Å². The van der Waals surface area contributed by atoms with Crippen molar-refractivity contribution >= 4 is 18.2 Å². The average Bonchev–Trinajstić information content (AvgIpc) is 2.36. The van der Waals surface area contributed by atoms with Crippen LogP contribution in [0.2, 0.25) is 0 Å². The molecule has 148 valence electrons. The van der Waals surface area contributed by atoms with E-state index in [0.29, 0.717) is 11.1 Å². The second kappa shape index (κ2) is 9.16. The molecule has 10 nitrogen and oxygen atoms in total. The molecule has 1 unspecified atom stereocenters. The number of carboxylic acids is 1. The number of carbonyl (C=O) groups excluding carboxylic acids is 2. The Bertz CT molecular complexity index is 544. The summed E-state index contributed by atoms with van der Waals surface area (Å²) in [5.74, 6) is -1.46. The van der Waals surface area contributed by atoms with Crippen molar-refractivity contribution in [2.24, 2.45) is 0 Å². The molecule has 0 saturated carbocycles. The Hall–Kier alpha value is -2.65. The van der Waals surface area contributed by atoms with E-state index in [4.69, 9.17) is 9.47 Å². The summed E-state index contributed by atoms with van der Waals surface area (Å²) in [5.41, 5.74) is -1.93. The lowest BCUT2D eigenvalue weighted by Crippen LogP contribution is -2.51. The van der Waals surface area contributed by atoms with Gasteiger partial charge >= 0.3 is 18.2 Å². The first-order valence-corrected chi connectivity index (χ1v) is 7.92. The first kappa shape index (κ1) is 23.4. The number of amides is 2. The summed E-state index contributed by atoms with van der Waals surface area (Å²) in [6.45, 7) is 9.38. The molecular formula is C16H26N2O8. The van der Waals surface area contributed by atoms with E-state index < -0.39 is 40.3 Å². The minimum atomic E-state index is -1.60. The van der Waals surface area contributed by atoms with E-state index in [0.717, 1.165) is 6.08 Å². The van der Waals surface area contributed by atoms with E-state index >= 15 is 0 Å². The van der Waals surface area contributed by atoms with Crippen LogP contribution in [0.3, 0.4) is 0 Å². The number of nitrogens with zero attached hydrogens (tertiary/aromatic N) is 2. The number of hydrogen-bond acceptors (Lipinski definition) is 7. The maximum atomic E-state index is 12.4. The average molecular weight is 374 g/mol. The van der Waals surface area contributed by atoms with Crippen molar-refractivity contribution in [3.63, 3.8) is 0 Å². The van der Waals surface area contributed by atoms with Crippen LogP contribution in [0.5, 0.6) is 0 Å². The SMILES string of the molecule is CC(C)(C)OC(=O)N(C(=O)OC(C)(C)C)C(CCC=C[N+](=O)[O-])C(=O)O. The van der Waals surface area contributed by atoms with Gasteiger partial charge in [-0.1, -0.05) is 0 Å². The molecule has 1 N–H and O–H groups in total. The third kappa shape index (κ3) is 9.60. The molecule has 0 aliphatic heterocycles. The van der Waals surface area contributed by atoms with Crippen LogP contribution in [0.4, 0.5) is 9.59 Å². The smallest absolute Gasteiger partial charge is 0.420 e. The molecule has 0 fully saturated rings. The Balaban J connectivity index is 5.59. The van der Waals surface area contributed by atoms with E-state index in [1.54, 1.807) is 41.5 Å². The molecule has 0 spiro atoms. The lowest BCUT2D eigenvalue weighted by atomic mass is 10.1. The van der Waals surface area contributed by atoms with Crippen molar-refractivity contribution < 1.29 is 33.9 Å². The van der Waals surface area contributed by atoms with Crippen LogP contribution < -0.4 is 0 Å². The molecule has 10 heteroatoms. The summed E-state index contributed by atoms with van der Waals surface area (Å²) in [6, 6.07) is -1.60. The van der Waals surface area contributed by atoms with Crippen LogP contribution in [-0.2, 0) is 14.3 Å². The summed E-state index contributed by atoms with van der Waals surface area (Å²) in [7, 11) is 0. The first-order valence-electron chi connectivity index (χ1n) is 7.92. The third-order valence-electron chi connectivity index (χ3n) is 2.61. The minimum Gasteiger partial charge on any atom is -0.480 e. The van der Waals surface area contributed by atoms with Gasteiger partial charge in [-0.05, 0) is 60.5 Å². The Labute approximate surface area is 151 Å². The summed E-state index contributed by atoms with van der Waals surface area (Å²) in [6.07, 6.45) is -0.824. The van der Waals surface area contributed by atoms with E-state index in [2.05, 4.69) is 0 Å². The van der Waals surface area contributed by atoms with Crippen LogP contribution in [0.1, 0.15) is 54.4 Å². The predicted molar refractivity (Wildman–Crippen MR) is 91.1 cm³/mol. The number of ether oxygens (including phenoxy) is 2. The zero-order chi connectivity index (χ0) is 20.7. The van der Waals surface area contributed by atoms with Crippen LogP contribution in [0.25, 0.3) is 0 Å². The molecule has 0 saturated heterocycles. The van der Waals surface area contributed by atoms with E-state index in [1.165, 1.54) is 0 Å². The van der Waals surface area contributed by atoms with Gasteiger partial charge in [0.2, 0.25) is 6.20 Å². The molecule has 2 amide bonds. The fourth-order valence-electron chi connectivity index (χ4n) is 1.73. The van der Waals surface area contributed by atoms with Gasteiger partial charge in [-0.2, -0.15) is 4.90 Å². The van der Waals surface area contributed by atoms with Crippen molar-refractivity contribution in [3.8, 4) is 0 Å². The number of imide groups is 1. The highest BCUT2D eigenvalue weighted by atomic mass is 16.6. The molecule has 26 heavy (non-hydrogen) atoms. The lowest BCUT2D eigenvalue weighted by Gasteiger charge is -2.31. The molecular weight excluding hydrogens is 348 g/mol. The highest BCUT2D eigenvalue weighted by Gasteiger charge is 2.39. The number of hydrogen-bond donors (Lipinski definition) is 1. The van der Waals surface area contributed by atoms with Crippen molar-refractivity contribution in [2.75, 3.05) is 0 Å². The molecule has 0 bridgehead atoms. The van der Waals surface area contributed by atoms with Gasteiger partial charge in [0.1, 0.15) is 17.2 Å². The third-order valence-corrected chi connectivity index (χ3v) is 2.61. The number of carbonyl (C=O) groups is 3. The van der Waals surface area contributed by atoms with Crippen LogP contribution in [0.15, 0.2) is 12.3 Å². The number of aliphatic carboxylic acids is 1. The normalized spacial score (nSPS) is 13.2. The van der Waals surface area contributed by atoms with Crippen LogP contribution in [0, 0.1) is 10.1 Å². The second-order valence-corrected chi connectivity index (χ2v) is 7.43. The summed E-state index contributed by atoms with van der Waals surface area (Å²) in [5, 5.41) is 19.7. The minimum absolute atomic E-state index is 0.0416. The van der Waals surface area contributed by atoms with Gasteiger partial charge in [0.05, 0.1) is 4.92 Å². The van der Waals surface area contributed by atoms with Crippen molar-refractivity contribution in [1.29, 1.82) is 0 Å². The van der Waals surface area contributed by atoms with Crippen molar-refractivity contribution in [3.05, 3.63) is 22.4 Å². The monoisotopic (exact) mass is 374 g/mol. The zero-order valence-corrected chi connectivity index (χ0v) is 15.8. The summed E-state index contributed by atoms with van der Waals surface area (Å²) in [4.78, 5) is 46.3. The molecule has 0 rings (SSSR count). The van der Waals surface area contributed by atoms with Crippen LogP contribution in [-0.4, -0.2) is 50.3 Å². The van der Waals surface area contributed by atoms with Gasteiger partial charge in [-0.25, -0.2) is 14.4 Å². The van der Waals surface area contributed by atoms with Gasteiger partial charge in [0.15, 0.2) is 0 Å². The summed E-state index contributed by atoms with van der Waals surface area (Å²) >= 11 is 0. The second-order valence-electron chi connectivity index (χ2n) is 7.43. The molecule has 1 atom stereocenters. The standard InChI is InChI=1S/C16H26N2O8/c1-15(2,3)25-13(21)18(14(22)26-16(4,5)6)11(12(19)20)9-7-8-10-17(23)24/h8,10-11H,7,9H2,1-6H3,(H,19,20). The molecule has 0 radical (unpaired) electrons. The Morgan fingerprint density at radius 3 is 1.81 bits per heavy atom. The maximum Gasteiger partial charge on any atom is 0.420 e. The molecule has 0 heterocycles. The largest absolute Gasteiger partial charge is 0.480 e. The Morgan fingerprint density at radius 1 is 1.08 bits per heavy atom. The lowest BCUT2D eigenvalue weighted by molar-refractivity contribution is -0.402.